The molecule has 0 radical (unpaired) electrons. The fourth-order valence-corrected chi connectivity index (χ4v) is 2.60. The van der Waals surface area contributed by atoms with Crippen molar-refractivity contribution in [3.63, 3.8) is 0 Å². The van der Waals surface area contributed by atoms with Crippen LogP contribution in [0.4, 0.5) is 0 Å². The third-order valence-corrected chi connectivity index (χ3v) is 3.63. The van der Waals surface area contributed by atoms with Gasteiger partial charge in [0.15, 0.2) is 0 Å². The van der Waals surface area contributed by atoms with E-state index in [1.807, 2.05) is 0 Å². The first-order valence-electron chi connectivity index (χ1n) is 6.15. The fourth-order valence-electron chi connectivity index (χ4n) is 2.60. The number of esters is 1. The summed E-state index contributed by atoms with van der Waals surface area (Å²) in [7, 11) is 1.47. The normalized spacial score (nSPS) is 28.0. The minimum atomic E-state index is -0.0717. The van der Waals surface area contributed by atoms with Gasteiger partial charge < -0.3 is 10.5 Å². The monoisotopic (exact) mass is 228 g/mol. The summed E-state index contributed by atoms with van der Waals surface area (Å²) in [5.74, 6) is 0.355. The number of likely N-dealkylation sites (tertiary alicyclic amines) is 1. The van der Waals surface area contributed by atoms with E-state index in [9.17, 15) is 4.79 Å². The first-order valence-corrected chi connectivity index (χ1v) is 6.15. The quantitative estimate of drug-likeness (QED) is 0.709. The van der Waals surface area contributed by atoms with Crippen LogP contribution in [0.1, 0.15) is 26.7 Å². The molecule has 1 rings (SSSR count). The predicted octanol–water partition coefficient (Wildman–Crippen LogP) is 0.855. The van der Waals surface area contributed by atoms with Crippen LogP contribution in [0.3, 0.4) is 0 Å². The number of hydrogen-bond acceptors (Lipinski definition) is 4. The molecular formula is C12H24N2O2. The lowest BCUT2D eigenvalue weighted by Gasteiger charge is -2.26. The standard InChI is InChI=1S/C12H24N2O2/c1-4-10(5-6-13)14-7-9(2)11(8-14)12(15)16-3/h9-11H,4-8,13H2,1-3H3. The number of nitrogens with zero attached hydrogens (tertiary/aromatic N) is 1. The Morgan fingerprint density at radius 3 is 2.75 bits per heavy atom. The Bertz CT molecular complexity index is 233. The largest absolute Gasteiger partial charge is 0.469 e. The number of hydrogen-bond donors (Lipinski definition) is 1. The van der Waals surface area contributed by atoms with Gasteiger partial charge in [-0.05, 0) is 25.3 Å². The summed E-state index contributed by atoms with van der Waals surface area (Å²) >= 11 is 0. The highest BCUT2D eigenvalue weighted by molar-refractivity contribution is 5.73. The zero-order valence-electron chi connectivity index (χ0n) is 10.6. The molecule has 1 saturated heterocycles. The Morgan fingerprint density at radius 2 is 2.25 bits per heavy atom. The maximum atomic E-state index is 11.6. The topological polar surface area (TPSA) is 55.6 Å². The zero-order valence-corrected chi connectivity index (χ0v) is 10.6. The van der Waals surface area contributed by atoms with Crippen LogP contribution in [0.25, 0.3) is 0 Å². The summed E-state index contributed by atoms with van der Waals surface area (Å²) in [5, 5.41) is 0. The molecule has 0 aromatic heterocycles. The maximum Gasteiger partial charge on any atom is 0.310 e. The van der Waals surface area contributed by atoms with Crippen molar-refractivity contribution in [2.24, 2.45) is 17.6 Å². The van der Waals surface area contributed by atoms with Crippen molar-refractivity contribution < 1.29 is 9.53 Å². The van der Waals surface area contributed by atoms with Gasteiger partial charge in [0.1, 0.15) is 0 Å². The Labute approximate surface area is 98.1 Å². The van der Waals surface area contributed by atoms with E-state index in [0.717, 1.165) is 25.9 Å². The van der Waals surface area contributed by atoms with Crippen LogP contribution in [0.2, 0.25) is 0 Å². The number of nitrogens with two attached hydrogens (primary N) is 1. The van der Waals surface area contributed by atoms with Gasteiger partial charge in [0.05, 0.1) is 13.0 Å². The molecule has 3 unspecified atom stereocenters. The molecule has 0 saturated carbocycles. The van der Waals surface area contributed by atoms with Crippen molar-refractivity contribution >= 4 is 5.97 Å². The van der Waals surface area contributed by atoms with Gasteiger partial charge in [-0.1, -0.05) is 13.8 Å². The highest BCUT2D eigenvalue weighted by Gasteiger charge is 2.37. The fraction of sp³-hybridized carbons (Fsp3) is 0.917. The van der Waals surface area contributed by atoms with Crippen molar-refractivity contribution in [3.05, 3.63) is 0 Å². The summed E-state index contributed by atoms with van der Waals surface area (Å²) in [6.45, 7) is 6.82. The Hall–Kier alpha value is -0.610. The third kappa shape index (κ3) is 2.95. The van der Waals surface area contributed by atoms with E-state index in [1.54, 1.807) is 0 Å². The first kappa shape index (κ1) is 13.5. The molecule has 0 bridgehead atoms. The Kier molecular flexibility index (Phi) is 5.22. The molecular weight excluding hydrogens is 204 g/mol. The maximum absolute atomic E-state index is 11.6. The van der Waals surface area contributed by atoms with E-state index < -0.39 is 0 Å². The summed E-state index contributed by atoms with van der Waals surface area (Å²) in [5.41, 5.74) is 5.61. The van der Waals surface area contributed by atoms with E-state index in [0.29, 0.717) is 18.5 Å². The average Bonchev–Trinajstić information content (AvgIpc) is 2.67. The van der Waals surface area contributed by atoms with Gasteiger partial charge in [-0.2, -0.15) is 0 Å². The molecule has 4 heteroatoms. The molecule has 1 aliphatic heterocycles. The van der Waals surface area contributed by atoms with Gasteiger partial charge in [0, 0.05) is 19.1 Å². The van der Waals surface area contributed by atoms with Gasteiger partial charge in [-0.3, -0.25) is 9.69 Å². The van der Waals surface area contributed by atoms with E-state index in [2.05, 4.69) is 18.7 Å². The zero-order chi connectivity index (χ0) is 12.1. The van der Waals surface area contributed by atoms with Crippen LogP contribution in [0.5, 0.6) is 0 Å². The molecule has 1 aliphatic rings. The highest BCUT2D eigenvalue weighted by atomic mass is 16.5. The minimum Gasteiger partial charge on any atom is -0.469 e. The van der Waals surface area contributed by atoms with E-state index >= 15 is 0 Å². The number of methoxy groups -OCH3 is 1. The summed E-state index contributed by atoms with van der Waals surface area (Å²) in [4.78, 5) is 14.0. The molecule has 0 aromatic carbocycles. The molecule has 0 aliphatic carbocycles. The van der Waals surface area contributed by atoms with Crippen molar-refractivity contribution in [1.82, 2.24) is 4.90 Å². The molecule has 16 heavy (non-hydrogen) atoms. The SMILES string of the molecule is CCC(CCN)N1CC(C)C(C(=O)OC)C1. The number of rotatable bonds is 5. The lowest BCUT2D eigenvalue weighted by Crippen LogP contribution is -2.35. The van der Waals surface area contributed by atoms with Crippen LogP contribution in [0.15, 0.2) is 0 Å². The van der Waals surface area contributed by atoms with E-state index in [4.69, 9.17) is 10.5 Å². The van der Waals surface area contributed by atoms with Gasteiger partial charge in [-0.25, -0.2) is 0 Å². The molecule has 0 spiro atoms. The smallest absolute Gasteiger partial charge is 0.310 e. The van der Waals surface area contributed by atoms with Crippen molar-refractivity contribution in [1.29, 1.82) is 0 Å². The van der Waals surface area contributed by atoms with Gasteiger partial charge in [-0.15, -0.1) is 0 Å². The van der Waals surface area contributed by atoms with Crippen LogP contribution < -0.4 is 5.73 Å². The Morgan fingerprint density at radius 1 is 1.56 bits per heavy atom. The molecule has 1 heterocycles. The highest BCUT2D eigenvalue weighted by Crippen LogP contribution is 2.27. The van der Waals surface area contributed by atoms with Gasteiger partial charge in [0.25, 0.3) is 0 Å². The predicted molar refractivity (Wildman–Crippen MR) is 64.0 cm³/mol. The second-order valence-corrected chi connectivity index (χ2v) is 4.70. The molecule has 3 atom stereocenters. The lowest BCUT2D eigenvalue weighted by molar-refractivity contribution is -0.146. The van der Waals surface area contributed by atoms with Gasteiger partial charge in [0.2, 0.25) is 0 Å². The molecule has 0 amide bonds. The molecule has 2 N–H and O–H groups in total. The van der Waals surface area contributed by atoms with E-state index in [1.165, 1.54) is 7.11 Å². The minimum absolute atomic E-state index is 0.0387. The molecule has 0 aromatic rings. The van der Waals surface area contributed by atoms with Crippen LogP contribution >= 0.6 is 0 Å². The van der Waals surface area contributed by atoms with Gasteiger partial charge >= 0.3 is 5.97 Å². The van der Waals surface area contributed by atoms with Crippen molar-refractivity contribution in [3.8, 4) is 0 Å². The summed E-state index contributed by atoms with van der Waals surface area (Å²) in [6.07, 6.45) is 2.11. The number of ether oxygens (including phenoxy) is 1. The van der Waals surface area contributed by atoms with Crippen LogP contribution in [0, 0.1) is 11.8 Å². The number of carbonyl (C=O) groups is 1. The Balaban J connectivity index is 2.57. The molecule has 94 valence electrons. The summed E-state index contributed by atoms with van der Waals surface area (Å²) < 4.78 is 4.84. The number of carbonyl (C=O) groups excluding carboxylic acids is 1. The van der Waals surface area contributed by atoms with Crippen molar-refractivity contribution in [2.45, 2.75) is 32.7 Å². The van der Waals surface area contributed by atoms with Crippen LogP contribution in [-0.4, -0.2) is 43.7 Å². The molecule has 4 nitrogen and oxygen atoms in total. The van der Waals surface area contributed by atoms with Crippen molar-refractivity contribution in [2.75, 3.05) is 26.7 Å². The lowest BCUT2D eigenvalue weighted by atomic mass is 9.99. The summed E-state index contributed by atoms with van der Waals surface area (Å²) in [6, 6.07) is 0.516. The second kappa shape index (κ2) is 6.21. The van der Waals surface area contributed by atoms with E-state index in [-0.39, 0.29) is 11.9 Å². The van der Waals surface area contributed by atoms with Crippen LogP contribution in [-0.2, 0) is 9.53 Å². The first-order chi connectivity index (χ1) is 7.63. The second-order valence-electron chi connectivity index (χ2n) is 4.70. The third-order valence-electron chi connectivity index (χ3n) is 3.63. The molecule has 1 fully saturated rings. The average molecular weight is 228 g/mol.